The number of fused-ring (bicyclic) bond motifs is 1. The Hall–Kier alpha value is -3.58. The Morgan fingerprint density at radius 1 is 0.939 bits per heavy atom. The van der Waals surface area contributed by atoms with E-state index in [-0.39, 0.29) is 23.3 Å². The topological polar surface area (TPSA) is 50.2 Å². The average molecular weight is 447 g/mol. The van der Waals surface area contributed by atoms with E-state index in [0.29, 0.717) is 19.4 Å². The molecule has 4 aromatic rings. The van der Waals surface area contributed by atoms with Crippen molar-refractivity contribution in [3.8, 4) is 5.69 Å². The Morgan fingerprint density at radius 2 is 1.64 bits per heavy atom. The molecule has 0 spiro atoms. The second-order valence-corrected chi connectivity index (χ2v) is 8.35. The van der Waals surface area contributed by atoms with Crippen LogP contribution in [-0.4, -0.2) is 33.4 Å². The van der Waals surface area contributed by atoms with Crippen LogP contribution in [-0.2, 0) is 11.3 Å². The number of piperidine rings is 1. The first kappa shape index (κ1) is 21.3. The number of carbonyl (C=O) groups excluding carboxylic acids is 1. The largest absolute Gasteiger partial charge is 0.323 e. The predicted molar refractivity (Wildman–Crippen MR) is 124 cm³/mol. The first-order valence-corrected chi connectivity index (χ1v) is 11.1. The normalized spacial score (nSPS) is 15.1. The highest BCUT2D eigenvalue weighted by Gasteiger charge is 2.26. The zero-order valence-corrected chi connectivity index (χ0v) is 18.0. The number of nitrogens with one attached hydrogen (secondary N) is 1. The van der Waals surface area contributed by atoms with E-state index in [0.717, 1.165) is 35.6 Å². The maximum absolute atomic E-state index is 13.9. The van der Waals surface area contributed by atoms with Crippen LogP contribution in [0.25, 0.3) is 16.7 Å². The minimum Gasteiger partial charge on any atom is -0.323 e. The molecule has 1 fully saturated rings. The molecule has 7 heteroatoms. The van der Waals surface area contributed by atoms with Crippen molar-refractivity contribution in [2.24, 2.45) is 5.92 Å². The van der Waals surface area contributed by atoms with Gasteiger partial charge in [-0.2, -0.15) is 0 Å². The summed E-state index contributed by atoms with van der Waals surface area (Å²) in [6, 6.07) is 20.5. The molecule has 0 bridgehead atoms. The van der Waals surface area contributed by atoms with Crippen molar-refractivity contribution in [3.63, 3.8) is 0 Å². The van der Waals surface area contributed by atoms with Gasteiger partial charge in [-0.3, -0.25) is 14.3 Å². The summed E-state index contributed by atoms with van der Waals surface area (Å²) in [5.41, 5.74) is 2.94. The van der Waals surface area contributed by atoms with Crippen molar-refractivity contribution in [3.05, 3.63) is 90.3 Å². The van der Waals surface area contributed by atoms with Crippen LogP contribution in [0.2, 0.25) is 0 Å². The summed E-state index contributed by atoms with van der Waals surface area (Å²) in [7, 11) is 0. The van der Waals surface area contributed by atoms with Gasteiger partial charge in [0.2, 0.25) is 5.91 Å². The average Bonchev–Trinajstić information content (AvgIpc) is 3.19. The Labute approximate surface area is 190 Å². The van der Waals surface area contributed by atoms with E-state index in [4.69, 9.17) is 4.98 Å². The zero-order chi connectivity index (χ0) is 22.8. The maximum Gasteiger partial charge on any atom is 0.227 e. The van der Waals surface area contributed by atoms with Crippen LogP contribution in [0.3, 0.4) is 0 Å². The number of hydrogen-bond acceptors (Lipinski definition) is 3. The number of likely N-dealkylation sites (tertiary alicyclic amines) is 1. The molecule has 0 atom stereocenters. The number of halogens is 2. The molecule has 3 aromatic carbocycles. The van der Waals surface area contributed by atoms with Crippen LogP contribution >= 0.6 is 0 Å². The molecule has 168 valence electrons. The number of aromatic nitrogens is 2. The van der Waals surface area contributed by atoms with E-state index in [1.54, 1.807) is 30.3 Å². The number of rotatable bonds is 5. The summed E-state index contributed by atoms with van der Waals surface area (Å²) in [4.78, 5) is 19.7. The van der Waals surface area contributed by atoms with Crippen molar-refractivity contribution in [2.75, 3.05) is 18.4 Å². The zero-order valence-electron chi connectivity index (χ0n) is 18.0. The summed E-state index contributed by atoms with van der Waals surface area (Å²) in [6.45, 7) is 2.09. The van der Waals surface area contributed by atoms with Gasteiger partial charge < -0.3 is 5.32 Å². The molecular weight excluding hydrogens is 422 g/mol. The van der Waals surface area contributed by atoms with Gasteiger partial charge in [-0.05, 0) is 74.5 Å². The molecule has 1 amide bonds. The van der Waals surface area contributed by atoms with Crippen LogP contribution in [0.1, 0.15) is 18.7 Å². The third-order valence-corrected chi connectivity index (χ3v) is 6.17. The van der Waals surface area contributed by atoms with Gasteiger partial charge in [0.25, 0.3) is 0 Å². The van der Waals surface area contributed by atoms with Crippen LogP contribution < -0.4 is 5.32 Å². The fourth-order valence-electron chi connectivity index (χ4n) is 4.41. The summed E-state index contributed by atoms with van der Waals surface area (Å²) < 4.78 is 29.4. The fraction of sp³-hybridized carbons (Fsp3) is 0.231. The van der Waals surface area contributed by atoms with E-state index in [9.17, 15) is 13.6 Å². The van der Waals surface area contributed by atoms with Crippen molar-refractivity contribution >= 4 is 22.6 Å². The quantitative estimate of drug-likeness (QED) is 0.461. The lowest BCUT2D eigenvalue weighted by Gasteiger charge is -2.31. The highest BCUT2D eigenvalue weighted by atomic mass is 19.1. The number of para-hydroxylation sites is 3. The minimum atomic E-state index is -0.428. The Bertz CT molecular complexity index is 1280. The van der Waals surface area contributed by atoms with Gasteiger partial charge in [0.15, 0.2) is 0 Å². The molecule has 1 saturated heterocycles. The fourth-order valence-corrected chi connectivity index (χ4v) is 4.41. The Balaban J connectivity index is 1.30. The van der Waals surface area contributed by atoms with Gasteiger partial charge in [0.05, 0.1) is 23.3 Å². The number of hydrogen-bond donors (Lipinski definition) is 1. The molecule has 5 nitrogen and oxygen atoms in total. The summed E-state index contributed by atoms with van der Waals surface area (Å²) in [5.74, 6) is -0.129. The van der Waals surface area contributed by atoms with Crippen molar-refractivity contribution in [1.82, 2.24) is 14.5 Å². The Morgan fingerprint density at radius 3 is 2.39 bits per heavy atom. The van der Waals surface area contributed by atoms with E-state index in [2.05, 4.69) is 14.8 Å². The van der Waals surface area contributed by atoms with E-state index in [1.165, 1.54) is 18.2 Å². The molecule has 1 aliphatic heterocycles. The molecular formula is C26H24F2N4O. The van der Waals surface area contributed by atoms with E-state index < -0.39 is 5.82 Å². The third-order valence-electron chi connectivity index (χ3n) is 6.17. The Kier molecular flexibility index (Phi) is 5.88. The van der Waals surface area contributed by atoms with Gasteiger partial charge in [-0.15, -0.1) is 0 Å². The van der Waals surface area contributed by atoms with E-state index >= 15 is 0 Å². The first-order chi connectivity index (χ1) is 16.1. The second kappa shape index (κ2) is 9.11. The summed E-state index contributed by atoms with van der Waals surface area (Å²) >= 11 is 0. The second-order valence-electron chi connectivity index (χ2n) is 8.35. The number of benzene rings is 3. The van der Waals surface area contributed by atoms with Crippen molar-refractivity contribution in [1.29, 1.82) is 0 Å². The number of carbonyl (C=O) groups is 1. The smallest absolute Gasteiger partial charge is 0.227 e. The molecule has 1 aliphatic rings. The molecule has 33 heavy (non-hydrogen) atoms. The molecule has 0 aliphatic carbocycles. The van der Waals surface area contributed by atoms with Gasteiger partial charge >= 0.3 is 0 Å². The monoisotopic (exact) mass is 446 g/mol. The molecule has 1 aromatic heterocycles. The van der Waals surface area contributed by atoms with Gasteiger partial charge in [0.1, 0.15) is 17.5 Å². The van der Waals surface area contributed by atoms with E-state index in [1.807, 2.05) is 24.3 Å². The van der Waals surface area contributed by atoms with Crippen LogP contribution in [0.15, 0.2) is 72.8 Å². The minimum absolute atomic E-state index is 0.140. The van der Waals surface area contributed by atoms with Gasteiger partial charge in [0, 0.05) is 11.6 Å². The summed E-state index contributed by atoms with van der Waals surface area (Å²) in [5, 5.41) is 2.72. The lowest BCUT2D eigenvalue weighted by molar-refractivity contribution is -0.121. The lowest BCUT2D eigenvalue weighted by atomic mass is 9.95. The number of anilines is 1. The molecule has 2 heterocycles. The van der Waals surface area contributed by atoms with Gasteiger partial charge in [-0.25, -0.2) is 13.8 Å². The molecule has 0 radical (unpaired) electrons. The molecule has 1 N–H and O–H groups in total. The lowest BCUT2D eigenvalue weighted by Crippen LogP contribution is -2.38. The maximum atomic E-state index is 13.9. The van der Waals surface area contributed by atoms with Gasteiger partial charge in [-0.1, -0.05) is 24.3 Å². The standard InChI is InChI=1S/C26H24F2N4O/c27-19-9-11-20(12-10-19)32-24-8-4-3-7-23(24)29-25(32)17-31-15-13-18(14-16-31)26(33)30-22-6-2-1-5-21(22)28/h1-12,18H,13-17H2,(H,30,33). The third kappa shape index (κ3) is 4.50. The molecule has 0 saturated carbocycles. The van der Waals surface area contributed by atoms with Crippen LogP contribution in [0.5, 0.6) is 0 Å². The number of imidazole rings is 1. The van der Waals surface area contributed by atoms with Crippen molar-refractivity contribution < 1.29 is 13.6 Å². The van der Waals surface area contributed by atoms with Crippen LogP contribution in [0, 0.1) is 17.6 Å². The summed E-state index contributed by atoms with van der Waals surface area (Å²) in [6.07, 6.45) is 1.38. The highest BCUT2D eigenvalue weighted by Crippen LogP contribution is 2.26. The predicted octanol–water partition coefficient (Wildman–Crippen LogP) is 5.15. The van der Waals surface area contributed by atoms with Crippen molar-refractivity contribution in [2.45, 2.75) is 19.4 Å². The highest BCUT2D eigenvalue weighted by molar-refractivity contribution is 5.92. The van der Waals surface area contributed by atoms with Crippen LogP contribution in [0.4, 0.5) is 14.5 Å². The molecule has 0 unspecified atom stereocenters. The first-order valence-electron chi connectivity index (χ1n) is 11.1. The molecule has 5 rings (SSSR count). The number of nitrogens with zero attached hydrogens (tertiary/aromatic N) is 3. The number of amides is 1. The SMILES string of the molecule is O=C(Nc1ccccc1F)C1CCN(Cc2nc3ccccc3n2-c2ccc(F)cc2)CC1.